The normalized spacial score (nSPS) is 8.42. The maximum absolute atomic E-state index is 8.59. The van der Waals surface area contributed by atoms with Crippen LogP contribution in [0.4, 0.5) is 5.69 Å². The molecule has 3 heteroatoms. The summed E-state index contributed by atoms with van der Waals surface area (Å²) in [5.74, 6) is 0. The van der Waals surface area contributed by atoms with Gasteiger partial charge < -0.3 is 5.73 Å². The third-order valence-corrected chi connectivity index (χ3v) is 1.72. The van der Waals surface area contributed by atoms with E-state index in [-0.39, 0.29) is 6.15 Å². The number of rotatable bonds is 0. The molecule has 1 aromatic carbocycles. The van der Waals surface area contributed by atoms with Crippen molar-refractivity contribution in [2.45, 2.75) is 13.8 Å². The summed E-state index contributed by atoms with van der Waals surface area (Å²) < 4.78 is 0. The zero-order valence-corrected chi connectivity index (χ0v) is 7.13. The van der Waals surface area contributed by atoms with Gasteiger partial charge in [-0.15, -0.1) is 0 Å². The van der Waals surface area contributed by atoms with E-state index in [4.69, 9.17) is 11.0 Å². The molecular formula is C9H10N3. The van der Waals surface area contributed by atoms with Crippen LogP contribution in [0.3, 0.4) is 0 Å². The molecule has 0 aromatic heterocycles. The second kappa shape index (κ2) is 3.74. The molecule has 0 fully saturated rings. The molecule has 0 spiro atoms. The molecule has 0 saturated carbocycles. The predicted molar refractivity (Wildman–Crippen MR) is 47.2 cm³/mol. The SMILES string of the molecule is Cc1cc(C#N)cc(C)c1N.[N]. The lowest BCUT2D eigenvalue weighted by molar-refractivity contribution is 1.36. The quantitative estimate of drug-likeness (QED) is 0.580. The van der Waals surface area contributed by atoms with E-state index in [1.54, 1.807) is 12.1 Å². The molecule has 1 rings (SSSR count). The summed E-state index contributed by atoms with van der Waals surface area (Å²) in [6.07, 6.45) is 0. The van der Waals surface area contributed by atoms with Crippen LogP contribution in [-0.2, 0) is 0 Å². The number of hydrogen-bond acceptors (Lipinski definition) is 2. The smallest absolute Gasteiger partial charge is 0.0991 e. The molecule has 0 atom stereocenters. The second-order valence-corrected chi connectivity index (χ2v) is 2.64. The fourth-order valence-corrected chi connectivity index (χ4v) is 1.04. The first kappa shape index (κ1) is 10.5. The van der Waals surface area contributed by atoms with E-state index in [2.05, 4.69) is 6.07 Å². The van der Waals surface area contributed by atoms with Gasteiger partial charge in [-0.25, -0.2) is 0 Å². The molecule has 2 N–H and O–H groups in total. The average molecular weight is 160 g/mol. The van der Waals surface area contributed by atoms with Crippen LogP contribution in [0.5, 0.6) is 0 Å². The Morgan fingerprint density at radius 2 is 1.67 bits per heavy atom. The number of aryl methyl sites for hydroxylation is 2. The van der Waals surface area contributed by atoms with Crippen molar-refractivity contribution in [3.63, 3.8) is 0 Å². The van der Waals surface area contributed by atoms with Crippen molar-refractivity contribution in [3.8, 4) is 6.07 Å². The number of nitrogen functional groups attached to an aromatic ring is 1. The molecule has 12 heavy (non-hydrogen) atoms. The standard InChI is InChI=1S/C9H10N2.N/c1-6-3-8(5-10)4-7(2)9(6)11;/h3-4H,11H2,1-2H3;. The van der Waals surface area contributed by atoms with Crippen molar-refractivity contribution in [1.29, 1.82) is 5.26 Å². The van der Waals surface area contributed by atoms with Crippen LogP contribution in [0, 0.1) is 25.2 Å². The van der Waals surface area contributed by atoms with Gasteiger partial charge in [0.2, 0.25) is 0 Å². The van der Waals surface area contributed by atoms with E-state index in [0.717, 1.165) is 16.8 Å². The molecule has 0 heterocycles. The zero-order valence-electron chi connectivity index (χ0n) is 7.13. The van der Waals surface area contributed by atoms with Gasteiger partial charge in [0.15, 0.2) is 0 Å². The first-order valence-corrected chi connectivity index (χ1v) is 3.42. The van der Waals surface area contributed by atoms with Gasteiger partial charge >= 0.3 is 0 Å². The van der Waals surface area contributed by atoms with Gasteiger partial charge in [-0.3, -0.25) is 0 Å². The lowest BCUT2D eigenvalue weighted by Gasteiger charge is -2.03. The minimum Gasteiger partial charge on any atom is -0.398 e. The molecule has 3 radical (unpaired) electrons. The first-order valence-electron chi connectivity index (χ1n) is 3.42. The first-order chi connectivity index (χ1) is 5.15. The van der Waals surface area contributed by atoms with Gasteiger partial charge in [0.25, 0.3) is 0 Å². The van der Waals surface area contributed by atoms with E-state index in [0.29, 0.717) is 5.56 Å². The van der Waals surface area contributed by atoms with Crippen LogP contribution in [0.15, 0.2) is 12.1 Å². The second-order valence-electron chi connectivity index (χ2n) is 2.64. The van der Waals surface area contributed by atoms with Crippen LogP contribution < -0.4 is 11.9 Å². The summed E-state index contributed by atoms with van der Waals surface area (Å²) in [5.41, 5.74) is 9.10. The van der Waals surface area contributed by atoms with Crippen molar-refractivity contribution in [2.24, 2.45) is 0 Å². The maximum atomic E-state index is 8.59. The van der Waals surface area contributed by atoms with Crippen LogP contribution in [0.25, 0.3) is 0 Å². The maximum Gasteiger partial charge on any atom is 0.0991 e. The van der Waals surface area contributed by atoms with Gasteiger partial charge in [0, 0.05) is 11.8 Å². The van der Waals surface area contributed by atoms with E-state index in [1.165, 1.54) is 0 Å². The van der Waals surface area contributed by atoms with Crippen LogP contribution in [-0.4, -0.2) is 0 Å². The predicted octanol–water partition coefficient (Wildman–Crippen LogP) is 1.28. The Morgan fingerprint density at radius 3 is 2.00 bits per heavy atom. The molecule has 1 aromatic rings. The van der Waals surface area contributed by atoms with Gasteiger partial charge in [-0.1, -0.05) is 0 Å². The summed E-state index contributed by atoms with van der Waals surface area (Å²) >= 11 is 0. The Labute approximate surface area is 72.4 Å². The highest BCUT2D eigenvalue weighted by atomic mass is 14.6. The van der Waals surface area contributed by atoms with Gasteiger partial charge in [0.1, 0.15) is 0 Å². The number of nitriles is 1. The topological polar surface area (TPSA) is 80.3 Å². The van der Waals surface area contributed by atoms with E-state index >= 15 is 0 Å². The van der Waals surface area contributed by atoms with Gasteiger partial charge in [-0.2, -0.15) is 5.26 Å². The van der Waals surface area contributed by atoms with E-state index in [9.17, 15) is 0 Å². The highest BCUT2D eigenvalue weighted by Crippen LogP contribution is 2.17. The molecule has 0 aliphatic rings. The van der Waals surface area contributed by atoms with Crippen molar-refractivity contribution >= 4 is 5.69 Å². The Bertz CT molecular complexity index is 300. The van der Waals surface area contributed by atoms with Crippen LogP contribution in [0.1, 0.15) is 16.7 Å². The van der Waals surface area contributed by atoms with Crippen molar-refractivity contribution < 1.29 is 0 Å². The van der Waals surface area contributed by atoms with Crippen molar-refractivity contribution in [1.82, 2.24) is 6.15 Å². The molecular weight excluding hydrogens is 150 g/mol. The lowest BCUT2D eigenvalue weighted by atomic mass is 10.1. The number of nitrogens with two attached hydrogens (primary N) is 1. The average Bonchev–Trinajstić information content (AvgIpc) is 1.99. The molecule has 3 nitrogen and oxygen atoms in total. The summed E-state index contributed by atoms with van der Waals surface area (Å²) in [6.45, 7) is 3.81. The molecule has 0 saturated heterocycles. The molecule has 0 aliphatic heterocycles. The summed E-state index contributed by atoms with van der Waals surface area (Å²) in [4.78, 5) is 0. The zero-order chi connectivity index (χ0) is 8.43. The minimum absolute atomic E-state index is 0. The monoisotopic (exact) mass is 160 g/mol. The summed E-state index contributed by atoms with van der Waals surface area (Å²) in [5, 5.41) is 8.59. The summed E-state index contributed by atoms with van der Waals surface area (Å²) in [6, 6.07) is 5.67. The molecule has 0 aliphatic carbocycles. The Balaban J connectivity index is 0.00000121. The largest absolute Gasteiger partial charge is 0.398 e. The van der Waals surface area contributed by atoms with Crippen LogP contribution in [0.2, 0.25) is 0 Å². The number of nitrogens with zero attached hydrogens (tertiary/aromatic N) is 2. The molecule has 0 bridgehead atoms. The van der Waals surface area contributed by atoms with Crippen molar-refractivity contribution in [2.75, 3.05) is 5.73 Å². The number of hydrogen-bond donors (Lipinski definition) is 1. The Morgan fingerprint density at radius 1 is 1.25 bits per heavy atom. The molecule has 0 unspecified atom stereocenters. The molecule has 0 amide bonds. The highest BCUT2D eigenvalue weighted by Gasteiger charge is 1.99. The molecule has 61 valence electrons. The van der Waals surface area contributed by atoms with Crippen molar-refractivity contribution in [3.05, 3.63) is 28.8 Å². The third kappa shape index (κ3) is 1.74. The number of benzene rings is 1. The van der Waals surface area contributed by atoms with Gasteiger partial charge in [0.05, 0.1) is 11.6 Å². The van der Waals surface area contributed by atoms with Gasteiger partial charge in [-0.05, 0) is 37.1 Å². The number of anilines is 1. The van der Waals surface area contributed by atoms with E-state index < -0.39 is 0 Å². The third-order valence-electron chi connectivity index (χ3n) is 1.72. The fraction of sp³-hybridized carbons (Fsp3) is 0.222. The Hall–Kier alpha value is -1.53. The fourth-order valence-electron chi connectivity index (χ4n) is 1.04. The van der Waals surface area contributed by atoms with E-state index in [1.807, 2.05) is 13.8 Å². The lowest BCUT2D eigenvalue weighted by Crippen LogP contribution is -1.94. The van der Waals surface area contributed by atoms with Crippen LogP contribution >= 0.6 is 0 Å². The minimum atomic E-state index is 0. The summed E-state index contributed by atoms with van der Waals surface area (Å²) in [7, 11) is 0. The Kier molecular flexibility index (Phi) is 3.27. The highest BCUT2D eigenvalue weighted by molar-refractivity contribution is 5.56.